The van der Waals surface area contributed by atoms with Gasteiger partial charge < -0.3 is 10.6 Å². The molecular weight excluding hydrogens is 338 g/mol. The second kappa shape index (κ2) is 7.14. The van der Waals surface area contributed by atoms with Crippen LogP contribution in [0.5, 0.6) is 0 Å². The van der Waals surface area contributed by atoms with Crippen molar-refractivity contribution in [2.24, 2.45) is 0 Å². The molecule has 6 nitrogen and oxygen atoms in total. The lowest BCUT2D eigenvalue weighted by molar-refractivity contribution is 0.236. The maximum absolute atomic E-state index is 12.2. The quantitative estimate of drug-likeness (QED) is 0.767. The van der Waals surface area contributed by atoms with Crippen LogP contribution in [0.4, 0.5) is 10.5 Å². The fourth-order valence-electron chi connectivity index (χ4n) is 3.06. The summed E-state index contributed by atoms with van der Waals surface area (Å²) >= 11 is 0. The van der Waals surface area contributed by atoms with Gasteiger partial charge in [-0.3, -0.25) is 4.72 Å². The van der Waals surface area contributed by atoms with E-state index >= 15 is 0 Å². The minimum absolute atomic E-state index is 0.0365. The Hall–Kier alpha value is -2.54. The van der Waals surface area contributed by atoms with E-state index in [1.54, 1.807) is 18.2 Å². The van der Waals surface area contributed by atoms with Crippen molar-refractivity contribution in [3.8, 4) is 0 Å². The van der Waals surface area contributed by atoms with Crippen molar-refractivity contribution in [2.45, 2.75) is 25.4 Å². The molecule has 2 aromatic rings. The van der Waals surface area contributed by atoms with Crippen molar-refractivity contribution in [1.82, 2.24) is 10.6 Å². The fraction of sp³-hybridized carbons (Fsp3) is 0.278. The lowest BCUT2D eigenvalue weighted by atomic mass is 10.1. The van der Waals surface area contributed by atoms with Gasteiger partial charge in [-0.05, 0) is 41.7 Å². The highest BCUT2D eigenvalue weighted by atomic mass is 32.2. The molecule has 0 saturated heterocycles. The van der Waals surface area contributed by atoms with Gasteiger partial charge in [0, 0.05) is 12.2 Å². The van der Waals surface area contributed by atoms with E-state index in [1.165, 1.54) is 11.1 Å². The Morgan fingerprint density at radius 1 is 1.16 bits per heavy atom. The highest BCUT2D eigenvalue weighted by Gasteiger charge is 2.23. The van der Waals surface area contributed by atoms with Gasteiger partial charge in [0.25, 0.3) is 0 Å². The van der Waals surface area contributed by atoms with E-state index in [4.69, 9.17) is 0 Å². The molecule has 1 aliphatic rings. The molecule has 1 unspecified atom stereocenters. The van der Waals surface area contributed by atoms with Crippen molar-refractivity contribution in [1.29, 1.82) is 0 Å². The summed E-state index contributed by atoms with van der Waals surface area (Å²) in [5, 5.41) is 5.82. The van der Waals surface area contributed by atoms with E-state index in [-0.39, 0.29) is 12.1 Å². The molecule has 3 N–H and O–H groups in total. The lowest BCUT2D eigenvalue weighted by Crippen LogP contribution is -2.36. The molecule has 0 saturated carbocycles. The van der Waals surface area contributed by atoms with Gasteiger partial charge in [-0.2, -0.15) is 0 Å². The van der Waals surface area contributed by atoms with Crippen molar-refractivity contribution in [3.63, 3.8) is 0 Å². The fourth-order valence-corrected chi connectivity index (χ4v) is 3.61. The SMILES string of the molecule is CS(=O)(=O)Nc1cccc(CNC(=O)NC2CCc3ccccc32)c1. The Morgan fingerprint density at radius 2 is 1.96 bits per heavy atom. The molecule has 0 aliphatic heterocycles. The molecule has 1 atom stereocenters. The number of carbonyl (C=O) groups excluding carboxylic acids is 1. The molecule has 7 heteroatoms. The molecule has 0 aromatic heterocycles. The number of rotatable bonds is 5. The summed E-state index contributed by atoms with van der Waals surface area (Å²) in [5.41, 5.74) is 3.76. The Morgan fingerprint density at radius 3 is 2.76 bits per heavy atom. The third-order valence-corrected chi connectivity index (χ3v) is 4.73. The summed E-state index contributed by atoms with van der Waals surface area (Å²) in [6.07, 6.45) is 2.98. The van der Waals surface area contributed by atoms with E-state index < -0.39 is 10.0 Å². The number of nitrogens with one attached hydrogen (secondary N) is 3. The van der Waals surface area contributed by atoms with Crippen LogP contribution in [-0.4, -0.2) is 20.7 Å². The normalized spacial score (nSPS) is 16.1. The first-order valence-corrected chi connectivity index (χ1v) is 9.99. The summed E-state index contributed by atoms with van der Waals surface area (Å²) in [6.45, 7) is 0.319. The van der Waals surface area contributed by atoms with E-state index in [0.29, 0.717) is 12.2 Å². The molecule has 2 amide bonds. The van der Waals surface area contributed by atoms with Gasteiger partial charge in [0.1, 0.15) is 0 Å². The number of carbonyl (C=O) groups is 1. The van der Waals surface area contributed by atoms with E-state index in [9.17, 15) is 13.2 Å². The minimum Gasteiger partial charge on any atom is -0.334 e. The molecule has 2 aromatic carbocycles. The number of fused-ring (bicyclic) bond motifs is 1. The molecule has 0 fully saturated rings. The molecule has 1 aliphatic carbocycles. The van der Waals surface area contributed by atoms with E-state index in [0.717, 1.165) is 24.7 Å². The van der Waals surface area contributed by atoms with Crippen LogP contribution in [0.3, 0.4) is 0 Å². The monoisotopic (exact) mass is 359 g/mol. The van der Waals surface area contributed by atoms with Crippen LogP contribution in [0.25, 0.3) is 0 Å². The summed E-state index contributed by atoms with van der Waals surface area (Å²) in [6, 6.07) is 14.9. The predicted molar refractivity (Wildman–Crippen MR) is 97.8 cm³/mol. The molecule has 0 radical (unpaired) electrons. The standard InChI is InChI=1S/C18H21N3O3S/c1-25(23,24)21-15-7-4-5-13(11-15)12-19-18(22)20-17-10-9-14-6-2-3-8-16(14)17/h2-8,11,17,21H,9-10,12H2,1H3,(H2,19,20,22). The largest absolute Gasteiger partial charge is 0.334 e. The maximum atomic E-state index is 12.2. The number of sulfonamides is 1. The number of benzene rings is 2. The lowest BCUT2D eigenvalue weighted by Gasteiger charge is -2.15. The summed E-state index contributed by atoms with van der Waals surface area (Å²) in [5.74, 6) is 0. The second-order valence-electron chi connectivity index (χ2n) is 6.19. The van der Waals surface area contributed by atoms with Gasteiger partial charge >= 0.3 is 6.03 Å². The number of anilines is 1. The van der Waals surface area contributed by atoms with E-state index in [1.807, 2.05) is 24.3 Å². The zero-order chi connectivity index (χ0) is 17.9. The molecule has 0 heterocycles. The third kappa shape index (κ3) is 4.73. The van der Waals surface area contributed by atoms with Crippen LogP contribution in [0.2, 0.25) is 0 Å². The molecule has 0 spiro atoms. The third-order valence-electron chi connectivity index (χ3n) is 4.12. The average molecular weight is 359 g/mol. The van der Waals surface area contributed by atoms with Crippen molar-refractivity contribution in [3.05, 3.63) is 65.2 Å². The van der Waals surface area contributed by atoms with Crippen molar-refractivity contribution >= 4 is 21.7 Å². The van der Waals surface area contributed by atoms with Gasteiger partial charge in [0.2, 0.25) is 10.0 Å². The first kappa shape index (κ1) is 17.3. The zero-order valence-electron chi connectivity index (χ0n) is 14.0. The Kier molecular flexibility index (Phi) is 4.94. The number of hydrogen-bond donors (Lipinski definition) is 3. The van der Waals surface area contributed by atoms with Gasteiger partial charge in [-0.25, -0.2) is 13.2 Å². The first-order chi connectivity index (χ1) is 11.9. The molecule has 0 bridgehead atoms. The minimum atomic E-state index is -3.32. The number of amides is 2. The zero-order valence-corrected chi connectivity index (χ0v) is 14.8. The second-order valence-corrected chi connectivity index (χ2v) is 7.94. The van der Waals surface area contributed by atoms with Gasteiger partial charge in [-0.15, -0.1) is 0 Å². The molecule has 132 valence electrons. The van der Waals surface area contributed by atoms with Crippen LogP contribution in [0, 0.1) is 0 Å². The van der Waals surface area contributed by atoms with Crippen molar-refractivity contribution < 1.29 is 13.2 Å². The average Bonchev–Trinajstić information content (AvgIpc) is 2.95. The first-order valence-electron chi connectivity index (χ1n) is 8.09. The van der Waals surface area contributed by atoms with Gasteiger partial charge in [0.05, 0.1) is 12.3 Å². The van der Waals surface area contributed by atoms with Crippen LogP contribution >= 0.6 is 0 Å². The van der Waals surface area contributed by atoms with Crippen LogP contribution in [-0.2, 0) is 23.0 Å². The van der Waals surface area contributed by atoms with Crippen LogP contribution in [0.1, 0.15) is 29.2 Å². The smallest absolute Gasteiger partial charge is 0.315 e. The topological polar surface area (TPSA) is 87.3 Å². The number of hydrogen-bond acceptors (Lipinski definition) is 3. The Labute approximate surface area is 147 Å². The summed E-state index contributed by atoms with van der Waals surface area (Å²) < 4.78 is 25.0. The highest BCUT2D eigenvalue weighted by Crippen LogP contribution is 2.30. The maximum Gasteiger partial charge on any atom is 0.315 e. The number of urea groups is 1. The van der Waals surface area contributed by atoms with Gasteiger partial charge in [0.15, 0.2) is 0 Å². The molecule has 3 rings (SSSR count). The van der Waals surface area contributed by atoms with Gasteiger partial charge in [-0.1, -0.05) is 36.4 Å². The van der Waals surface area contributed by atoms with Crippen LogP contribution in [0.15, 0.2) is 48.5 Å². The molecule has 25 heavy (non-hydrogen) atoms. The summed E-state index contributed by atoms with van der Waals surface area (Å²) in [4.78, 5) is 12.2. The number of aryl methyl sites for hydroxylation is 1. The predicted octanol–water partition coefficient (Wildman–Crippen LogP) is 2.54. The molecular formula is C18H21N3O3S. The van der Waals surface area contributed by atoms with E-state index in [2.05, 4.69) is 21.4 Å². The Bertz CT molecular complexity index is 881. The Balaban J connectivity index is 1.56. The summed E-state index contributed by atoms with van der Waals surface area (Å²) in [7, 11) is -3.32. The van der Waals surface area contributed by atoms with Crippen LogP contribution < -0.4 is 15.4 Å². The van der Waals surface area contributed by atoms with Crippen molar-refractivity contribution in [2.75, 3.05) is 11.0 Å². The highest BCUT2D eigenvalue weighted by molar-refractivity contribution is 7.92.